The van der Waals surface area contributed by atoms with Gasteiger partial charge in [-0.05, 0) is 56.0 Å². The molecule has 1 aliphatic rings. The van der Waals surface area contributed by atoms with Crippen LogP contribution in [0.5, 0.6) is 0 Å². The summed E-state index contributed by atoms with van der Waals surface area (Å²) in [5.41, 5.74) is 1.85. The third-order valence-corrected chi connectivity index (χ3v) is 7.27. The maximum atomic E-state index is 13.5. The van der Waals surface area contributed by atoms with Gasteiger partial charge in [-0.2, -0.15) is 0 Å². The molecule has 0 aliphatic heterocycles. The van der Waals surface area contributed by atoms with Crippen LogP contribution in [0.15, 0.2) is 46.1 Å². The van der Waals surface area contributed by atoms with E-state index < -0.39 is 21.9 Å². The van der Waals surface area contributed by atoms with Crippen LogP contribution in [0.3, 0.4) is 0 Å². The maximum Gasteiger partial charge on any atom is 0.355 e. The van der Waals surface area contributed by atoms with Crippen molar-refractivity contribution in [3.8, 4) is 0 Å². The minimum absolute atomic E-state index is 0.117. The molecule has 8 nitrogen and oxygen atoms in total. The zero-order valence-corrected chi connectivity index (χ0v) is 19.6. The van der Waals surface area contributed by atoms with E-state index in [1.165, 1.54) is 19.2 Å². The molecule has 0 saturated heterocycles. The van der Waals surface area contributed by atoms with Crippen molar-refractivity contribution in [3.05, 3.63) is 69.1 Å². The van der Waals surface area contributed by atoms with Crippen LogP contribution in [0.1, 0.15) is 52.6 Å². The first-order valence-electron chi connectivity index (χ1n) is 10.7. The van der Waals surface area contributed by atoms with Crippen LogP contribution >= 0.6 is 0 Å². The molecule has 2 heterocycles. The predicted molar refractivity (Wildman–Crippen MR) is 123 cm³/mol. The average Bonchev–Trinajstić information content (AvgIpc) is 3.20. The number of aromatic nitrogens is 2. The number of nitrogens with zero attached hydrogens (tertiary/aromatic N) is 2. The first-order chi connectivity index (χ1) is 15.6. The molecule has 1 fully saturated rings. The largest absolute Gasteiger partial charge is 0.464 e. The molecular weight excluding hydrogens is 444 g/mol. The fourth-order valence-corrected chi connectivity index (χ4v) is 5.12. The van der Waals surface area contributed by atoms with E-state index >= 15 is 0 Å². The molecular formula is C24H26N2O6S. The molecule has 1 N–H and O–H groups in total. The SMILES string of the molecule is COC(=O)c1c(Cc2ccc(S(C)(=O)=O)cc2)c(=O)c2ccc(C)nc2n1[C@@H]1CC[C@@H](O)C1. The molecule has 1 saturated carbocycles. The molecule has 0 amide bonds. The van der Waals surface area contributed by atoms with Gasteiger partial charge >= 0.3 is 5.97 Å². The number of methoxy groups -OCH3 is 1. The topological polar surface area (TPSA) is 116 Å². The second-order valence-corrected chi connectivity index (χ2v) is 10.6. The summed E-state index contributed by atoms with van der Waals surface area (Å²) < 4.78 is 30.4. The summed E-state index contributed by atoms with van der Waals surface area (Å²) >= 11 is 0. The molecule has 174 valence electrons. The van der Waals surface area contributed by atoms with Crippen molar-refractivity contribution in [2.75, 3.05) is 13.4 Å². The van der Waals surface area contributed by atoms with Gasteiger partial charge in [0.1, 0.15) is 11.3 Å². The number of aliphatic hydroxyl groups is 1. The quantitative estimate of drug-likeness (QED) is 0.570. The van der Waals surface area contributed by atoms with Gasteiger partial charge < -0.3 is 14.4 Å². The van der Waals surface area contributed by atoms with Gasteiger partial charge in [0.15, 0.2) is 15.3 Å². The summed E-state index contributed by atoms with van der Waals surface area (Å²) in [6, 6.07) is 9.49. The molecule has 1 aliphatic carbocycles. The lowest BCUT2D eigenvalue weighted by Crippen LogP contribution is -2.28. The number of esters is 1. The van der Waals surface area contributed by atoms with Crippen LogP contribution in [-0.4, -0.2) is 48.5 Å². The first kappa shape index (κ1) is 23.1. The minimum Gasteiger partial charge on any atom is -0.464 e. The Hall–Kier alpha value is -3.04. The Morgan fingerprint density at radius 1 is 1.18 bits per heavy atom. The highest BCUT2D eigenvalue weighted by Gasteiger charge is 2.32. The Morgan fingerprint density at radius 2 is 1.88 bits per heavy atom. The van der Waals surface area contributed by atoms with Crippen molar-refractivity contribution in [1.29, 1.82) is 0 Å². The van der Waals surface area contributed by atoms with Crippen molar-refractivity contribution in [3.63, 3.8) is 0 Å². The van der Waals surface area contributed by atoms with Crippen molar-refractivity contribution in [2.45, 2.75) is 49.6 Å². The summed E-state index contributed by atoms with van der Waals surface area (Å²) in [6.07, 6.45) is 2.43. The van der Waals surface area contributed by atoms with Gasteiger partial charge in [0, 0.05) is 30.0 Å². The van der Waals surface area contributed by atoms with Gasteiger partial charge in [-0.1, -0.05) is 12.1 Å². The Labute approximate surface area is 191 Å². The molecule has 2 atom stereocenters. The van der Waals surface area contributed by atoms with Gasteiger partial charge in [0.2, 0.25) is 0 Å². The minimum atomic E-state index is -3.35. The van der Waals surface area contributed by atoms with E-state index in [1.54, 1.807) is 28.8 Å². The van der Waals surface area contributed by atoms with E-state index in [0.29, 0.717) is 41.6 Å². The highest BCUT2D eigenvalue weighted by atomic mass is 32.2. The lowest BCUT2D eigenvalue weighted by Gasteiger charge is -2.23. The number of benzene rings is 1. The number of hydrogen-bond acceptors (Lipinski definition) is 7. The van der Waals surface area contributed by atoms with Gasteiger partial charge in [-0.25, -0.2) is 18.2 Å². The second-order valence-electron chi connectivity index (χ2n) is 8.56. The normalized spacial score (nSPS) is 18.5. The lowest BCUT2D eigenvalue weighted by molar-refractivity contribution is 0.0583. The summed E-state index contributed by atoms with van der Waals surface area (Å²) in [4.78, 5) is 31.3. The van der Waals surface area contributed by atoms with E-state index in [9.17, 15) is 23.1 Å². The molecule has 0 unspecified atom stereocenters. The monoisotopic (exact) mass is 470 g/mol. The first-order valence-corrected chi connectivity index (χ1v) is 12.6. The van der Waals surface area contributed by atoms with E-state index in [1.807, 2.05) is 6.92 Å². The Kier molecular flexibility index (Phi) is 6.11. The van der Waals surface area contributed by atoms with Crippen molar-refractivity contribution in [1.82, 2.24) is 9.55 Å². The number of carbonyl (C=O) groups is 1. The average molecular weight is 471 g/mol. The Morgan fingerprint density at radius 3 is 2.45 bits per heavy atom. The summed E-state index contributed by atoms with van der Waals surface area (Å²) in [6.45, 7) is 1.81. The van der Waals surface area contributed by atoms with Gasteiger partial charge in [-0.15, -0.1) is 0 Å². The van der Waals surface area contributed by atoms with Gasteiger partial charge in [-0.3, -0.25) is 4.79 Å². The van der Waals surface area contributed by atoms with Crippen LogP contribution in [-0.2, 0) is 21.0 Å². The summed E-state index contributed by atoms with van der Waals surface area (Å²) in [7, 11) is -2.09. The molecule has 0 radical (unpaired) electrons. The number of fused-ring (bicyclic) bond motifs is 1. The number of aryl methyl sites for hydroxylation is 1. The number of sulfone groups is 1. The number of rotatable bonds is 5. The smallest absolute Gasteiger partial charge is 0.355 e. The zero-order valence-electron chi connectivity index (χ0n) is 18.7. The molecule has 0 bridgehead atoms. The van der Waals surface area contributed by atoms with E-state index in [2.05, 4.69) is 4.98 Å². The van der Waals surface area contributed by atoms with Crippen LogP contribution in [0, 0.1) is 6.92 Å². The number of ether oxygens (including phenoxy) is 1. The number of carbonyl (C=O) groups excluding carboxylic acids is 1. The highest BCUT2D eigenvalue weighted by molar-refractivity contribution is 7.90. The van der Waals surface area contributed by atoms with E-state index in [4.69, 9.17) is 4.74 Å². The molecule has 33 heavy (non-hydrogen) atoms. The zero-order chi connectivity index (χ0) is 23.9. The summed E-state index contributed by atoms with van der Waals surface area (Å²) in [5, 5.41) is 10.6. The molecule has 2 aromatic heterocycles. The highest BCUT2D eigenvalue weighted by Crippen LogP contribution is 2.34. The molecule has 4 rings (SSSR count). The van der Waals surface area contributed by atoms with Gasteiger partial charge in [0.05, 0.1) is 23.5 Å². The fourth-order valence-electron chi connectivity index (χ4n) is 4.49. The van der Waals surface area contributed by atoms with Crippen LogP contribution in [0.2, 0.25) is 0 Å². The van der Waals surface area contributed by atoms with Crippen LogP contribution < -0.4 is 5.43 Å². The second kappa shape index (κ2) is 8.72. The van der Waals surface area contributed by atoms with Crippen LogP contribution in [0.4, 0.5) is 0 Å². The molecule has 3 aromatic rings. The van der Waals surface area contributed by atoms with Crippen LogP contribution in [0.25, 0.3) is 11.0 Å². The number of aliphatic hydroxyl groups excluding tert-OH is 1. The standard InChI is InChI=1S/C24H26N2O6S/c1-14-4-11-19-22(28)20(12-15-5-9-18(10-6-15)33(3,30)31)21(24(29)32-2)26(23(19)25-14)16-7-8-17(27)13-16/h4-6,9-11,16-17,27H,7-8,12-13H2,1-3H3/t16-,17-/m1/s1. The van der Waals surface area contributed by atoms with Gasteiger partial charge in [0.25, 0.3) is 0 Å². The lowest BCUT2D eigenvalue weighted by atomic mass is 9.99. The fraction of sp³-hybridized carbons (Fsp3) is 0.375. The maximum absolute atomic E-state index is 13.5. The van der Waals surface area contributed by atoms with Crippen molar-refractivity contribution < 1.29 is 23.1 Å². The van der Waals surface area contributed by atoms with E-state index in [-0.39, 0.29) is 34.0 Å². The third-order valence-electron chi connectivity index (χ3n) is 6.14. The van der Waals surface area contributed by atoms with Crippen molar-refractivity contribution in [2.24, 2.45) is 0 Å². The Balaban J connectivity index is 1.97. The molecule has 1 aromatic carbocycles. The predicted octanol–water partition coefficient (Wildman–Crippen LogP) is 2.57. The molecule has 0 spiro atoms. The van der Waals surface area contributed by atoms with Crippen molar-refractivity contribution >= 4 is 26.8 Å². The number of pyridine rings is 2. The summed E-state index contributed by atoms with van der Waals surface area (Å²) in [5.74, 6) is -0.651. The Bertz CT molecular complexity index is 1390. The molecule has 9 heteroatoms. The van der Waals surface area contributed by atoms with E-state index in [0.717, 1.165) is 6.26 Å². The third kappa shape index (κ3) is 4.43. The number of hydrogen-bond donors (Lipinski definition) is 1.